The molecule has 0 fully saturated rings. The molecule has 18 heavy (non-hydrogen) atoms. The lowest BCUT2D eigenvalue weighted by Crippen LogP contribution is -2.06. The molecule has 4 heteroatoms. The van der Waals surface area contributed by atoms with Gasteiger partial charge in [-0.1, -0.05) is 29.8 Å². The summed E-state index contributed by atoms with van der Waals surface area (Å²) in [6.45, 7) is 4.45. The summed E-state index contributed by atoms with van der Waals surface area (Å²) in [6, 6.07) is 7.93. The molecule has 0 radical (unpaired) electrons. The van der Waals surface area contributed by atoms with E-state index in [-0.39, 0.29) is 0 Å². The Balaban J connectivity index is 1.92. The van der Waals surface area contributed by atoms with Gasteiger partial charge in [0.15, 0.2) is 0 Å². The van der Waals surface area contributed by atoms with E-state index < -0.39 is 0 Å². The highest BCUT2D eigenvalue weighted by Crippen LogP contribution is 2.16. The summed E-state index contributed by atoms with van der Waals surface area (Å²) in [5.74, 6) is 1.61. The van der Waals surface area contributed by atoms with Crippen molar-refractivity contribution in [3.63, 3.8) is 0 Å². The fourth-order valence-corrected chi connectivity index (χ4v) is 1.69. The van der Waals surface area contributed by atoms with Crippen LogP contribution >= 0.6 is 11.6 Å². The van der Waals surface area contributed by atoms with Crippen LogP contribution < -0.4 is 4.74 Å². The number of halogens is 1. The smallest absolute Gasteiger partial charge is 0.135 e. The topological polar surface area (TPSA) is 35.0 Å². The standard InChI is InChI=1S/C14H15ClN2O/c1-10-5-3-4-6-12(10)18-8-7-13-16-9-11(2)14(15)17-13/h3-6,9H,7-8H2,1-2H3. The van der Waals surface area contributed by atoms with E-state index in [1.54, 1.807) is 6.20 Å². The highest BCUT2D eigenvalue weighted by Gasteiger charge is 2.03. The maximum absolute atomic E-state index is 5.94. The zero-order chi connectivity index (χ0) is 13.0. The lowest BCUT2D eigenvalue weighted by atomic mass is 10.2. The van der Waals surface area contributed by atoms with E-state index in [0.717, 1.165) is 16.9 Å². The SMILES string of the molecule is Cc1ccccc1OCCc1ncc(C)c(Cl)n1. The van der Waals surface area contributed by atoms with Crippen LogP contribution in [0.5, 0.6) is 5.75 Å². The number of aromatic nitrogens is 2. The van der Waals surface area contributed by atoms with Gasteiger partial charge in [-0.05, 0) is 25.5 Å². The lowest BCUT2D eigenvalue weighted by molar-refractivity contribution is 0.316. The Kier molecular flexibility index (Phi) is 4.15. The molecule has 0 amide bonds. The molecule has 0 N–H and O–H groups in total. The second kappa shape index (κ2) is 5.83. The van der Waals surface area contributed by atoms with Gasteiger partial charge in [-0.3, -0.25) is 0 Å². The molecule has 3 nitrogen and oxygen atoms in total. The number of hydrogen-bond donors (Lipinski definition) is 0. The zero-order valence-electron chi connectivity index (χ0n) is 10.5. The van der Waals surface area contributed by atoms with Crippen molar-refractivity contribution < 1.29 is 4.74 Å². The predicted octanol–water partition coefficient (Wildman–Crippen LogP) is 3.37. The van der Waals surface area contributed by atoms with E-state index in [2.05, 4.69) is 9.97 Å². The van der Waals surface area contributed by atoms with E-state index >= 15 is 0 Å². The van der Waals surface area contributed by atoms with Crippen LogP contribution in [0.25, 0.3) is 0 Å². The van der Waals surface area contributed by atoms with Crippen molar-refractivity contribution in [1.29, 1.82) is 0 Å². The molecule has 94 valence electrons. The highest BCUT2D eigenvalue weighted by molar-refractivity contribution is 6.30. The average Bonchev–Trinajstić information content (AvgIpc) is 2.36. The molecule has 0 aliphatic heterocycles. The fourth-order valence-electron chi connectivity index (χ4n) is 1.55. The van der Waals surface area contributed by atoms with Crippen molar-refractivity contribution in [3.8, 4) is 5.75 Å². The summed E-state index contributed by atoms with van der Waals surface area (Å²) in [6.07, 6.45) is 2.38. The van der Waals surface area contributed by atoms with Crippen LogP contribution in [0.1, 0.15) is 17.0 Å². The van der Waals surface area contributed by atoms with Gasteiger partial charge in [-0.15, -0.1) is 0 Å². The Bertz CT molecular complexity index is 543. The first-order valence-corrected chi connectivity index (χ1v) is 6.21. The van der Waals surface area contributed by atoms with E-state index in [1.165, 1.54) is 0 Å². The summed E-state index contributed by atoms with van der Waals surface area (Å²) >= 11 is 5.94. The lowest BCUT2D eigenvalue weighted by Gasteiger charge is -2.08. The Morgan fingerprint density at radius 2 is 1.94 bits per heavy atom. The normalized spacial score (nSPS) is 10.4. The summed E-state index contributed by atoms with van der Waals surface area (Å²) in [5, 5.41) is 0.510. The van der Waals surface area contributed by atoms with Crippen LogP contribution in [0, 0.1) is 13.8 Å². The molecule has 0 bridgehead atoms. The maximum atomic E-state index is 5.94. The third-order valence-corrected chi connectivity index (χ3v) is 3.02. The monoisotopic (exact) mass is 262 g/mol. The number of ether oxygens (including phenoxy) is 1. The molecule has 0 aliphatic carbocycles. The molecule has 0 aliphatic rings. The molecular formula is C14H15ClN2O. The molecule has 1 heterocycles. The van der Waals surface area contributed by atoms with Gasteiger partial charge < -0.3 is 4.74 Å². The van der Waals surface area contributed by atoms with Crippen LogP contribution in [0.2, 0.25) is 5.15 Å². The van der Waals surface area contributed by atoms with E-state index in [1.807, 2.05) is 38.1 Å². The molecule has 0 spiro atoms. The number of hydrogen-bond acceptors (Lipinski definition) is 3. The molecule has 0 saturated heterocycles. The number of nitrogens with zero attached hydrogens (tertiary/aromatic N) is 2. The Morgan fingerprint density at radius 3 is 2.67 bits per heavy atom. The van der Waals surface area contributed by atoms with Crippen molar-refractivity contribution in [2.24, 2.45) is 0 Å². The minimum atomic E-state index is 0.510. The second-order valence-electron chi connectivity index (χ2n) is 4.12. The molecule has 0 unspecified atom stereocenters. The Labute approximate surface area is 112 Å². The van der Waals surface area contributed by atoms with Gasteiger partial charge >= 0.3 is 0 Å². The first-order valence-electron chi connectivity index (χ1n) is 5.83. The third-order valence-electron chi connectivity index (χ3n) is 2.64. The fraction of sp³-hybridized carbons (Fsp3) is 0.286. The number of rotatable bonds is 4. The molecule has 2 rings (SSSR count). The Morgan fingerprint density at radius 1 is 1.17 bits per heavy atom. The predicted molar refractivity (Wildman–Crippen MR) is 72.2 cm³/mol. The molecule has 0 atom stereocenters. The highest BCUT2D eigenvalue weighted by atomic mass is 35.5. The third kappa shape index (κ3) is 3.20. The number of benzene rings is 1. The van der Waals surface area contributed by atoms with Gasteiger partial charge in [-0.2, -0.15) is 0 Å². The van der Waals surface area contributed by atoms with Crippen LogP contribution in [0.4, 0.5) is 0 Å². The average molecular weight is 263 g/mol. The molecule has 1 aromatic heterocycles. The van der Waals surface area contributed by atoms with Crippen molar-refractivity contribution in [3.05, 3.63) is 52.6 Å². The van der Waals surface area contributed by atoms with Crippen molar-refractivity contribution >= 4 is 11.6 Å². The minimum absolute atomic E-state index is 0.510. The van der Waals surface area contributed by atoms with Crippen LogP contribution in [0.3, 0.4) is 0 Å². The minimum Gasteiger partial charge on any atom is -0.493 e. The van der Waals surface area contributed by atoms with Crippen molar-refractivity contribution in [2.75, 3.05) is 6.61 Å². The largest absolute Gasteiger partial charge is 0.493 e. The molecule has 1 aromatic carbocycles. The summed E-state index contributed by atoms with van der Waals surface area (Å²) < 4.78 is 5.69. The van der Waals surface area contributed by atoms with E-state index in [4.69, 9.17) is 16.3 Å². The zero-order valence-corrected chi connectivity index (χ0v) is 11.2. The maximum Gasteiger partial charge on any atom is 0.135 e. The van der Waals surface area contributed by atoms with Crippen LogP contribution in [-0.4, -0.2) is 16.6 Å². The molecule has 0 saturated carbocycles. The first-order chi connectivity index (χ1) is 8.66. The molecular weight excluding hydrogens is 248 g/mol. The molecule has 2 aromatic rings. The van der Waals surface area contributed by atoms with Crippen molar-refractivity contribution in [2.45, 2.75) is 20.3 Å². The summed E-state index contributed by atoms with van der Waals surface area (Å²) in [5.41, 5.74) is 2.01. The van der Waals surface area contributed by atoms with Crippen molar-refractivity contribution in [1.82, 2.24) is 9.97 Å². The van der Waals surface area contributed by atoms with E-state index in [9.17, 15) is 0 Å². The summed E-state index contributed by atoms with van der Waals surface area (Å²) in [4.78, 5) is 8.42. The van der Waals surface area contributed by atoms with Gasteiger partial charge in [0.2, 0.25) is 0 Å². The quantitative estimate of drug-likeness (QED) is 0.793. The van der Waals surface area contributed by atoms with Gasteiger partial charge in [-0.25, -0.2) is 9.97 Å². The number of para-hydroxylation sites is 1. The van der Waals surface area contributed by atoms with Crippen LogP contribution in [-0.2, 0) is 6.42 Å². The first kappa shape index (κ1) is 12.8. The van der Waals surface area contributed by atoms with Gasteiger partial charge in [0.05, 0.1) is 6.61 Å². The van der Waals surface area contributed by atoms with Gasteiger partial charge in [0, 0.05) is 18.2 Å². The second-order valence-corrected chi connectivity index (χ2v) is 4.48. The van der Waals surface area contributed by atoms with Gasteiger partial charge in [0.25, 0.3) is 0 Å². The number of aryl methyl sites for hydroxylation is 2. The van der Waals surface area contributed by atoms with E-state index in [0.29, 0.717) is 24.0 Å². The van der Waals surface area contributed by atoms with Gasteiger partial charge in [0.1, 0.15) is 16.7 Å². The Hall–Kier alpha value is -1.61. The van der Waals surface area contributed by atoms with Crippen LogP contribution in [0.15, 0.2) is 30.5 Å². The summed E-state index contributed by atoms with van der Waals surface area (Å²) in [7, 11) is 0.